The maximum Gasteiger partial charge on any atom is 0.160 e. The standard InChI is InChI=1S/C24H28N6O5S/c1-15(23-26-11-17(10-25)12-27-23)16(2)36(31,32)14-21-28-29-24(18-8-9-35-13-18)30(21)22-19(33-3)6-5-7-20(22)34-4/h5-7,11-12,15-16,18H,8-9,13-14H2,1-4H3/t15-,16-,18+/m0/s1. The van der Waals surface area contributed by atoms with Crippen molar-refractivity contribution in [3.05, 3.63) is 53.6 Å². The Hall–Kier alpha value is -3.56. The molecule has 2 aromatic heterocycles. The Morgan fingerprint density at radius 3 is 2.39 bits per heavy atom. The number of aromatic nitrogens is 5. The molecule has 0 amide bonds. The minimum absolute atomic E-state index is 0.0491. The van der Waals surface area contributed by atoms with E-state index in [1.807, 2.05) is 6.07 Å². The van der Waals surface area contributed by atoms with Gasteiger partial charge in [-0.25, -0.2) is 18.4 Å². The number of sulfone groups is 1. The van der Waals surface area contributed by atoms with E-state index >= 15 is 0 Å². The van der Waals surface area contributed by atoms with Crippen LogP contribution in [0.1, 0.15) is 55.1 Å². The Bertz CT molecular complexity index is 1340. The highest BCUT2D eigenvalue weighted by Crippen LogP contribution is 2.37. The predicted molar refractivity (Wildman–Crippen MR) is 130 cm³/mol. The summed E-state index contributed by atoms with van der Waals surface area (Å²) in [4.78, 5) is 8.36. The topological polar surface area (TPSA) is 142 Å². The van der Waals surface area contributed by atoms with Crippen LogP contribution in [-0.2, 0) is 20.3 Å². The number of nitriles is 1. The lowest BCUT2D eigenvalue weighted by atomic mass is 10.1. The van der Waals surface area contributed by atoms with E-state index in [1.54, 1.807) is 50.8 Å². The number of ether oxygens (including phenoxy) is 3. The van der Waals surface area contributed by atoms with Crippen molar-refractivity contribution in [1.82, 2.24) is 24.7 Å². The second-order valence-electron chi connectivity index (χ2n) is 8.62. The number of hydrogen-bond donors (Lipinski definition) is 0. The van der Waals surface area contributed by atoms with E-state index in [-0.39, 0.29) is 17.5 Å². The molecule has 0 radical (unpaired) electrons. The molecular weight excluding hydrogens is 484 g/mol. The summed E-state index contributed by atoms with van der Waals surface area (Å²) in [6.45, 7) is 4.43. The van der Waals surface area contributed by atoms with Gasteiger partial charge in [0.2, 0.25) is 0 Å². The van der Waals surface area contributed by atoms with Gasteiger partial charge in [-0.15, -0.1) is 10.2 Å². The molecule has 1 aromatic carbocycles. The van der Waals surface area contributed by atoms with E-state index in [2.05, 4.69) is 20.2 Å². The average molecular weight is 513 g/mol. The quantitative estimate of drug-likeness (QED) is 0.420. The molecule has 0 unspecified atom stereocenters. The lowest BCUT2D eigenvalue weighted by Gasteiger charge is -2.21. The van der Waals surface area contributed by atoms with Crippen molar-refractivity contribution in [2.45, 2.75) is 43.1 Å². The average Bonchev–Trinajstić information content (AvgIpc) is 3.57. The van der Waals surface area contributed by atoms with Crippen molar-refractivity contribution in [2.75, 3.05) is 27.4 Å². The van der Waals surface area contributed by atoms with Crippen LogP contribution in [0.2, 0.25) is 0 Å². The minimum Gasteiger partial charge on any atom is -0.494 e. The van der Waals surface area contributed by atoms with Crippen LogP contribution in [0, 0.1) is 11.3 Å². The molecule has 190 valence electrons. The highest BCUT2D eigenvalue weighted by molar-refractivity contribution is 7.91. The van der Waals surface area contributed by atoms with E-state index in [9.17, 15) is 8.42 Å². The number of benzene rings is 1. The Morgan fingerprint density at radius 1 is 1.17 bits per heavy atom. The van der Waals surface area contributed by atoms with Crippen molar-refractivity contribution in [3.8, 4) is 23.3 Å². The zero-order chi connectivity index (χ0) is 25.9. The van der Waals surface area contributed by atoms with Crippen molar-refractivity contribution < 1.29 is 22.6 Å². The van der Waals surface area contributed by atoms with Crippen molar-refractivity contribution >= 4 is 9.84 Å². The van der Waals surface area contributed by atoms with E-state index in [1.165, 1.54) is 12.4 Å². The second kappa shape index (κ2) is 10.6. The van der Waals surface area contributed by atoms with Crippen molar-refractivity contribution in [3.63, 3.8) is 0 Å². The van der Waals surface area contributed by atoms with Gasteiger partial charge in [-0.05, 0) is 25.5 Å². The maximum absolute atomic E-state index is 13.6. The summed E-state index contributed by atoms with van der Waals surface area (Å²) in [5.74, 6) is 1.27. The molecule has 12 heteroatoms. The smallest absolute Gasteiger partial charge is 0.160 e. The lowest BCUT2D eigenvalue weighted by molar-refractivity contribution is 0.193. The third kappa shape index (κ3) is 4.89. The number of rotatable bonds is 9. The van der Waals surface area contributed by atoms with Gasteiger partial charge in [-0.2, -0.15) is 5.26 Å². The maximum atomic E-state index is 13.6. The first-order valence-corrected chi connectivity index (χ1v) is 13.2. The van der Waals surface area contributed by atoms with Crippen LogP contribution in [0.4, 0.5) is 0 Å². The second-order valence-corrected chi connectivity index (χ2v) is 11.0. The molecule has 0 aliphatic carbocycles. The minimum atomic E-state index is -3.74. The van der Waals surface area contributed by atoms with Crippen LogP contribution in [0.15, 0.2) is 30.6 Å². The molecule has 1 fully saturated rings. The van der Waals surface area contributed by atoms with Gasteiger partial charge in [-0.3, -0.25) is 4.57 Å². The van der Waals surface area contributed by atoms with E-state index in [0.29, 0.717) is 47.6 Å². The third-order valence-corrected chi connectivity index (χ3v) is 8.69. The van der Waals surface area contributed by atoms with Gasteiger partial charge in [0.25, 0.3) is 0 Å². The SMILES string of the molecule is COc1cccc(OC)c1-n1c(CS(=O)(=O)[C@@H](C)[C@H](C)c2ncc(C#N)cn2)nnc1[C@@H]1CCOC1. The van der Waals surface area contributed by atoms with Crippen LogP contribution in [0.25, 0.3) is 5.69 Å². The zero-order valence-corrected chi connectivity index (χ0v) is 21.4. The van der Waals surface area contributed by atoms with Crippen LogP contribution < -0.4 is 9.47 Å². The molecule has 0 bridgehead atoms. The number of para-hydroxylation sites is 1. The molecule has 1 aliphatic heterocycles. The largest absolute Gasteiger partial charge is 0.494 e. The van der Waals surface area contributed by atoms with Crippen LogP contribution in [-0.4, -0.2) is 65.8 Å². The number of hydrogen-bond acceptors (Lipinski definition) is 10. The molecule has 11 nitrogen and oxygen atoms in total. The number of methoxy groups -OCH3 is 2. The van der Waals surface area contributed by atoms with Crippen molar-refractivity contribution in [1.29, 1.82) is 5.26 Å². The van der Waals surface area contributed by atoms with Gasteiger partial charge < -0.3 is 14.2 Å². The Balaban J connectivity index is 1.75. The first-order valence-electron chi connectivity index (χ1n) is 11.5. The van der Waals surface area contributed by atoms with Gasteiger partial charge in [0.1, 0.15) is 40.7 Å². The van der Waals surface area contributed by atoms with Gasteiger partial charge in [0.05, 0.1) is 31.6 Å². The van der Waals surface area contributed by atoms with Gasteiger partial charge in [-0.1, -0.05) is 13.0 Å². The first kappa shape index (κ1) is 25.5. The summed E-state index contributed by atoms with van der Waals surface area (Å²) in [6, 6.07) is 7.31. The molecule has 3 atom stereocenters. The molecule has 3 heterocycles. The van der Waals surface area contributed by atoms with Gasteiger partial charge in [0, 0.05) is 30.8 Å². The Kier molecular flexibility index (Phi) is 7.51. The zero-order valence-electron chi connectivity index (χ0n) is 20.6. The first-order chi connectivity index (χ1) is 17.3. The summed E-state index contributed by atoms with van der Waals surface area (Å²) in [6.07, 6.45) is 3.52. The predicted octanol–water partition coefficient (Wildman–Crippen LogP) is 2.56. The van der Waals surface area contributed by atoms with E-state index < -0.39 is 21.0 Å². The summed E-state index contributed by atoms with van der Waals surface area (Å²) >= 11 is 0. The monoisotopic (exact) mass is 512 g/mol. The van der Waals surface area contributed by atoms with Gasteiger partial charge >= 0.3 is 0 Å². The lowest BCUT2D eigenvalue weighted by Crippen LogP contribution is -2.27. The van der Waals surface area contributed by atoms with Crippen LogP contribution in [0.3, 0.4) is 0 Å². The fourth-order valence-corrected chi connectivity index (χ4v) is 5.74. The molecular formula is C24H28N6O5S. The molecule has 4 rings (SSSR count). The third-order valence-electron chi connectivity index (χ3n) is 6.48. The van der Waals surface area contributed by atoms with Gasteiger partial charge in [0.15, 0.2) is 15.7 Å². The molecule has 1 saturated heterocycles. The molecule has 1 aliphatic rings. The van der Waals surface area contributed by atoms with E-state index in [0.717, 1.165) is 6.42 Å². The highest BCUT2D eigenvalue weighted by Gasteiger charge is 2.34. The molecule has 0 saturated carbocycles. The van der Waals surface area contributed by atoms with E-state index in [4.69, 9.17) is 19.5 Å². The highest BCUT2D eigenvalue weighted by atomic mass is 32.2. The fourth-order valence-electron chi connectivity index (χ4n) is 4.19. The van der Waals surface area contributed by atoms with Crippen LogP contribution >= 0.6 is 0 Å². The normalized spacial score (nSPS) is 17.4. The summed E-state index contributed by atoms with van der Waals surface area (Å²) in [5, 5.41) is 16.9. The number of nitrogens with zero attached hydrogens (tertiary/aromatic N) is 6. The summed E-state index contributed by atoms with van der Waals surface area (Å²) < 4.78 is 45.7. The molecule has 3 aromatic rings. The Morgan fingerprint density at radius 2 is 1.83 bits per heavy atom. The van der Waals surface area contributed by atoms with Crippen molar-refractivity contribution in [2.24, 2.45) is 0 Å². The molecule has 0 spiro atoms. The van der Waals surface area contributed by atoms with Crippen LogP contribution in [0.5, 0.6) is 11.5 Å². The molecule has 0 N–H and O–H groups in total. The molecule has 36 heavy (non-hydrogen) atoms. The Labute approximate surface area is 210 Å². The fraction of sp³-hybridized carbons (Fsp3) is 0.458. The summed E-state index contributed by atoms with van der Waals surface area (Å²) in [7, 11) is -0.657. The summed E-state index contributed by atoms with van der Waals surface area (Å²) in [5.41, 5.74) is 0.847.